The second-order valence-electron chi connectivity index (χ2n) is 6.60. The van der Waals surface area contributed by atoms with Gasteiger partial charge in [-0.15, -0.1) is 11.3 Å². The summed E-state index contributed by atoms with van der Waals surface area (Å²) in [5, 5.41) is 10.4. The number of carboxylic acids is 1. The maximum atomic E-state index is 11.4. The number of hydrogen-bond acceptors (Lipinski definition) is 4. The van der Waals surface area contributed by atoms with Crippen molar-refractivity contribution in [1.82, 2.24) is 9.88 Å². The molecule has 1 aromatic heterocycles. The van der Waals surface area contributed by atoms with Crippen molar-refractivity contribution in [2.75, 3.05) is 13.1 Å². The predicted octanol–water partition coefficient (Wildman–Crippen LogP) is 3.92. The number of carboxylic acid groups (broad SMARTS) is 1. The lowest BCUT2D eigenvalue weighted by molar-refractivity contribution is 0.0699. The summed E-state index contributed by atoms with van der Waals surface area (Å²) >= 11 is 1.41. The third-order valence-electron chi connectivity index (χ3n) is 5.22. The van der Waals surface area contributed by atoms with Crippen molar-refractivity contribution in [2.24, 2.45) is 0 Å². The van der Waals surface area contributed by atoms with Crippen LogP contribution >= 0.6 is 11.3 Å². The molecule has 0 spiro atoms. The van der Waals surface area contributed by atoms with Crippen LogP contribution in [0.3, 0.4) is 0 Å². The molecule has 0 radical (unpaired) electrons. The number of aromatic carboxylic acids is 1. The van der Waals surface area contributed by atoms with Crippen LogP contribution in [0, 0.1) is 0 Å². The highest BCUT2D eigenvalue weighted by atomic mass is 32.1. The molecule has 1 N–H and O–H groups in total. The summed E-state index contributed by atoms with van der Waals surface area (Å²) in [6.45, 7) is 4.48. The second-order valence-corrected chi connectivity index (χ2v) is 7.68. The Morgan fingerprint density at radius 2 is 2.14 bits per heavy atom. The molecule has 0 aromatic carbocycles. The van der Waals surface area contributed by atoms with Gasteiger partial charge >= 0.3 is 5.97 Å². The maximum Gasteiger partial charge on any atom is 0.347 e. The van der Waals surface area contributed by atoms with E-state index in [4.69, 9.17) is 4.98 Å². The van der Waals surface area contributed by atoms with Crippen LogP contribution in [0.15, 0.2) is 0 Å². The summed E-state index contributed by atoms with van der Waals surface area (Å²) in [4.78, 5) is 19.2. The minimum atomic E-state index is -0.796. The van der Waals surface area contributed by atoms with Crippen molar-refractivity contribution >= 4 is 17.3 Å². The highest BCUT2D eigenvalue weighted by molar-refractivity contribution is 7.13. The summed E-state index contributed by atoms with van der Waals surface area (Å²) < 4.78 is 0. The summed E-state index contributed by atoms with van der Waals surface area (Å²) in [5.74, 6) is -0.399. The minimum absolute atomic E-state index is 0.398. The number of carbonyl (C=O) groups is 1. The van der Waals surface area contributed by atoms with Gasteiger partial charge in [0, 0.05) is 24.9 Å². The van der Waals surface area contributed by atoms with Crippen molar-refractivity contribution < 1.29 is 9.90 Å². The number of thiazole rings is 1. The average Bonchev–Trinajstić information content (AvgIpc) is 2.87. The monoisotopic (exact) mass is 322 g/mol. The molecule has 1 aromatic rings. The summed E-state index contributed by atoms with van der Waals surface area (Å²) in [6, 6.07) is 0.707. The van der Waals surface area contributed by atoms with Gasteiger partial charge in [0.1, 0.15) is 4.88 Å². The molecule has 1 aliphatic heterocycles. The molecular formula is C17H26N2O2S. The molecule has 1 unspecified atom stereocenters. The number of hydrogen-bond donors (Lipinski definition) is 1. The van der Waals surface area contributed by atoms with Crippen molar-refractivity contribution in [3.8, 4) is 0 Å². The highest BCUT2D eigenvalue weighted by Crippen LogP contribution is 2.39. The van der Waals surface area contributed by atoms with Gasteiger partial charge in [0.2, 0.25) is 0 Å². The fourth-order valence-electron chi connectivity index (χ4n) is 3.65. The molecule has 2 fully saturated rings. The van der Waals surface area contributed by atoms with Crippen molar-refractivity contribution in [1.29, 1.82) is 0 Å². The van der Waals surface area contributed by atoms with E-state index < -0.39 is 5.97 Å². The van der Waals surface area contributed by atoms with Crippen LogP contribution in [0.1, 0.15) is 78.2 Å². The van der Waals surface area contributed by atoms with Gasteiger partial charge in [0.05, 0.1) is 10.7 Å². The molecule has 2 aliphatic rings. The van der Waals surface area contributed by atoms with Crippen LogP contribution in [-0.4, -0.2) is 40.1 Å². The van der Waals surface area contributed by atoms with Gasteiger partial charge in [-0.25, -0.2) is 9.78 Å². The Balaban J connectivity index is 1.65. The number of nitrogens with zero attached hydrogens (tertiary/aromatic N) is 2. The molecule has 5 heteroatoms. The lowest BCUT2D eigenvalue weighted by atomic mass is 9.82. The third kappa shape index (κ3) is 3.35. The minimum Gasteiger partial charge on any atom is -0.477 e. The van der Waals surface area contributed by atoms with Crippen molar-refractivity contribution in [3.63, 3.8) is 0 Å². The molecule has 0 bridgehead atoms. The molecule has 0 amide bonds. The Labute approximate surface area is 136 Å². The number of piperidine rings is 1. The van der Waals surface area contributed by atoms with Crippen LogP contribution in [0.5, 0.6) is 0 Å². The molecule has 4 nitrogen and oxygen atoms in total. The highest BCUT2D eigenvalue weighted by Gasteiger charge is 2.29. The summed E-state index contributed by atoms with van der Waals surface area (Å²) in [7, 11) is 0. The SMILES string of the molecule is CCC1CCCCN1CCc1nc(C2CCC2)c(C(=O)O)s1. The largest absolute Gasteiger partial charge is 0.477 e. The molecule has 1 atom stereocenters. The molecule has 3 rings (SSSR count). The van der Waals surface area contributed by atoms with E-state index in [2.05, 4.69) is 11.8 Å². The fourth-order valence-corrected chi connectivity index (χ4v) is 4.63. The van der Waals surface area contributed by atoms with Crippen LogP contribution in [0.25, 0.3) is 0 Å². The fraction of sp³-hybridized carbons (Fsp3) is 0.765. The van der Waals surface area contributed by atoms with Crippen molar-refractivity contribution in [3.05, 3.63) is 15.6 Å². The molecule has 1 aliphatic carbocycles. The first-order chi connectivity index (χ1) is 10.7. The summed E-state index contributed by atoms with van der Waals surface area (Å²) in [5.41, 5.74) is 0.865. The van der Waals surface area contributed by atoms with E-state index in [1.54, 1.807) is 0 Å². The Kier molecular flexibility index (Phi) is 5.14. The van der Waals surface area contributed by atoms with Gasteiger partial charge in [-0.2, -0.15) is 0 Å². The first kappa shape index (κ1) is 15.9. The van der Waals surface area contributed by atoms with E-state index in [1.165, 1.54) is 50.0 Å². The maximum absolute atomic E-state index is 11.4. The van der Waals surface area contributed by atoms with Crippen LogP contribution in [0.4, 0.5) is 0 Å². The second kappa shape index (κ2) is 7.09. The number of rotatable bonds is 6. The topological polar surface area (TPSA) is 53.4 Å². The normalized spacial score (nSPS) is 23.4. The Morgan fingerprint density at radius 1 is 1.32 bits per heavy atom. The van der Waals surface area contributed by atoms with E-state index in [9.17, 15) is 9.90 Å². The van der Waals surface area contributed by atoms with Gasteiger partial charge in [0.15, 0.2) is 0 Å². The molecule has 122 valence electrons. The van der Waals surface area contributed by atoms with Gasteiger partial charge in [-0.1, -0.05) is 19.8 Å². The van der Waals surface area contributed by atoms with Crippen LogP contribution in [0.2, 0.25) is 0 Å². The Bertz CT molecular complexity index is 525. The first-order valence-corrected chi connectivity index (χ1v) is 9.47. The quantitative estimate of drug-likeness (QED) is 0.862. The van der Waals surface area contributed by atoms with E-state index in [-0.39, 0.29) is 0 Å². The van der Waals surface area contributed by atoms with Crippen molar-refractivity contribution in [2.45, 2.75) is 70.3 Å². The van der Waals surface area contributed by atoms with Gasteiger partial charge in [0.25, 0.3) is 0 Å². The zero-order valence-electron chi connectivity index (χ0n) is 13.4. The Hall–Kier alpha value is -0.940. The zero-order valence-corrected chi connectivity index (χ0v) is 14.2. The average molecular weight is 322 g/mol. The van der Waals surface area contributed by atoms with E-state index in [0.29, 0.717) is 16.8 Å². The first-order valence-electron chi connectivity index (χ1n) is 8.66. The molecule has 1 saturated heterocycles. The molecule has 22 heavy (non-hydrogen) atoms. The molecular weight excluding hydrogens is 296 g/mol. The lowest BCUT2D eigenvalue weighted by Gasteiger charge is -2.35. The smallest absolute Gasteiger partial charge is 0.347 e. The van der Waals surface area contributed by atoms with Crippen LogP contribution < -0.4 is 0 Å². The summed E-state index contributed by atoms with van der Waals surface area (Å²) in [6.07, 6.45) is 9.48. The molecule has 2 heterocycles. The number of aromatic nitrogens is 1. The van der Waals surface area contributed by atoms with E-state index in [1.807, 2.05) is 0 Å². The zero-order chi connectivity index (χ0) is 15.5. The van der Waals surface area contributed by atoms with Gasteiger partial charge in [-0.3, -0.25) is 4.90 Å². The standard InChI is InChI=1S/C17H26N2O2S/c1-2-13-8-3-4-10-19(13)11-9-14-18-15(12-6-5-7-12)16(22-14)17(20)21/h12-13H,2-11H2,1H3,(H,20,21). The lowest BCUT2D eigenvalue weighted by Crippen LogP contribution is -2.40. The van der Waals surface area contributed by atoms with E-state index >= 15 is 0 Å². The van der Waals surface area contributed by atoms with Gasteiger partial charge in [-0.05, 0) is 38.6 Å². The van der Waals surface area contributed by atoms with Crippen LogP contribution in [-0.2, 0) is 6.42 Å². The van der Waals surface area contributed by atoms with Gasteiger partial charge < -0.3 is 5.11 Å². The van der Waals surface area contributed by atoms with E-state index in [0.717, 1.165) is 36.5 Å². The predicted molar refractivity (Wildman–Crippen MR) is 88.9 cm³/mol. The Morgan fingerprint density at radius 3 is 2.77 bits per heavy atom. The molecule has 1 saturated carbocycles. The number of likely N-dealkylation sites (tertiary alicyclic amines) is 1. The third-order valence-corrected chi connectivity index (χ3v) is 6.34.